The van der Waals surface area contributed by atoms with Gasteiger partial charge in [0, 0.05) is 0 Å². The molecule has 9 heavy (non-hydrogen) atoms. The van der Waals surface area contributed by atoms with Gasteiger partial charge in [-0.2, -0.15) is 0 Å². The van der Waals surface area contributed by atoms with Crippen molar-refractivity contribution in [3.8, 4) is 0 Å². The molecule has 0 heterocycles. The molecule has 0 rings (SSSR count). The van der Waals surface area contributed by atoms with Crippen molar-refractivity contribution in [2.24, 2.45) is 0 Å². The number of hydrogen-bond donors (Lipinski definition) is 0. The Labute approximate surface area is 59.0 Å². The van der Waals surface area contributed by atoms with Crippen molar-refractivity contribution >= 4 is 0 Å². The second-order valence-corrected chi connectivity index (χ2v) is 2.36. The third-order valence-electron chi connectivity index (χ3n) is 1.44. The molecule has 0 nitrogen and oxygen atoms in total. The minimum absolute atomic E-state index is 1.10. The Morgan fingerprint density at radius 1 is 1.44 bits per heavy atom. The van der Waals surface area contributed by atoms with Crippen LogP contribution in [0.15, 0.2) is 11.6 Å². The lowest BCUT2D eigenvalue weighted by Gasteiger charge is -1.93. The molecule has 1 radical (unpaired) electrons. The molecule has 0 aliphatic carbocycles. The molecule has 0 N–H and O–H groups in total. The van der Waals surface area contributed by atoms with Gasteiger partial charge in [-0.25, -0.2) is 0 Å². The lowest BCUT2D eigenvalue weighted by atomic mass is 10.1. The Hall–Kier alpha value is -0.260. The highest BCUT2D eigenvalue weighted by Crippen LogP contribution is 2.02. The average Bonchev–Trinajstić information content (AvgIpc) is 1.89. The van der Waals surface area contributed by atoms with E-state index in [2.05, 4.69) is 26.8 Å². The van der Waals surface area contributed by atoms with Gasteiger partial charge < -0.3 is 0 Å². The van der Waals surface area contributed by atoms with E-state index < -0.39 is 0 Å². The van der Waals surface area contributed by atoms with Crippen LogP contribution in [-0.2, 0) is 0 Å². The average molecular weight is 125 g/mol. The van der Waals surface area contributed by atoms with Crippen LogP contribution in [0.25, 0.3) is 0 Å². The van der Waals surface area contributed by atoms with Crippen LogP contribution >= 0.6 is 0 Å². The highest BCUT2D eigenvalue weighted by atomic mass is 13.9. The maximum Gasteiger partial charge on any atom is -0.0283 e. The predicted molar refractivity (Wildman–Crippen MR) is 43.3 cm³/mol. The molecule has 0 aliphatic heterocycles. The molecule has 0 saturated heterocycles. The highest BCUT2D eigenvalue weighted by molar-refractivity contribution is 5.03. The first-order chi connectivity index (χ1) is 4.31. The van der Waals surface area contributed by atoms with Crippen molar-refractivity contribution in [1.29, 1.82) is 0 Å². The molecule has 0 fully saturated rings. The van der Waals surface area contributed by atoms with Crippen molar-refractivity contribution in [3.63, 3.8) is 0 Å². The summed E-state index contributed by atoms with van der Waals surface area (Å²) in [6, 6.07) is 0. The largest absolute Gasteiger partial charge is 0.0853 e. The summed E-state index contributed by atoms with van der Waals surface area (Å²) >= 11 is 0. The molecular formula is C9H17. The van der Waals surface area contributed by atoms with E-state index >= 15 is 0 Å². The van der Waals surface area contributed by atoms with E-state index in [1.807, 2.05) is 0 Å². The Morgan fingerprint density at radius 3 is 2.56 bits per heavy atom. The zero-order valence-corrected chi connectivity index (χ0v) is 6.61. The monoisotopic (exact) mass is 125 g/mol. The quantitative estimate of drug-likeness (QED) is 0.505. The standard InChI is InChI=1S/C9H17/c1-4-6-7-8-9(3)5-2/h8H,3-7H2,1-2H3/b9-8-. The van der Waals surface area contributed by atoms with Gasteiger partial charge >= 0.3 is 0 Å². The Kier molecular flexibility index (Phi) is 5.70. The molecule has 0 unspecified atom stereocenters. The van der Waals surface area contributed by atoms with Crippen LogP contribution in [0.4, 0.5) is 0 Å². The summed E-state index contributed by atoms with van der Waals surface area (Å²) in [5.74, 6) is 0. The van der Waals surface area contributed by atoms with Gasteiger partial charge in [0.15, 0.2) is 0 Å². The van der Waals surface area contributed by atoms with Crippen molar-refractivity contribution in [2.45, 2.75) is 39.5 Å². The molecule has 0 saturated carbocycles. The van der Waals surface area contributed by atoms with Gasteiger partial charge in [-0.05, 0) is 19.8 Å². The first-order valence-electron chi connectivity index (χ1n) is 3.82. The molecule has 0 aliphatic rings. The summed E-state index contributed by atoms with van der Waals surface area (Å²) < 4.78 is 0. The smallest absolute Gasteiger partial charge is 0.0283 e. The van der Waals surface area contributed by atoms with Gasteiger partial charge in [0.2, 0.25) is 0 Å². The molecule has 53 valence electrons. The second kappa shape index (κ2) is 5.87. The van der Waals surface area contributed by atoms with Crippen LogP contribution in [0.1, 0.15) is 39.5 Å². The summed E-state index contributed by atoms with van der Waals surface area (Å²) in [7, 11) is 0. The first-order valence-corrected chi connectivity index (χ1v) is 3.82. The maximum atomic E-state index is 3.89. The summed E-state index contributed by atoms with van der Waals surface area (Å²) in [6.45, 7) is 8.24. The number of rotatable bonds is 4. The third kappa shape index (κ3) is 5.61. The summed E-state index contributed by atoms with van der Waals surface area (Å²) in [5, 5.41) is 0. The van der Waals surface area contributed by atoms with Crippen molar-refractivity contribution in [3.05, 3.63) is 18.6 Å². The molecule has 0 aromatic carbocycles. The summed E-state index contributed by atoms with van der Waals surface area (Å²) in [4.78, 5) is 0. The number of hydrogen-bond acceptors (Lipinski definition) is 0. The number of allylic oxidation sites excluding steroid dienone is 2. The zero-order valence-electron chi connectivity index (χ0n) is 6.61. The van der Waals surface area contributed by atoms with E-state index in [1.165, 1.54) is 24.8 Å². The van der Waals surface area contributed by atoms with Gasteiger partial charge in [0.25, 0.3) is 0 Å². The SMILES string of the molecule is [CH2]/C(=C/CCCC)CC. The van der Waals surface area contributed by atoms with Gasteiger partial charge in [-0.15, -0.1) is 0 Å². The van der Waals surface area contributed by atoms with Gasteiger partial charge in [-0.3, -0.25) is 0 Å². The van der Waals surface area contributed by atoms with Crippen LogP contribution in [0.3, 0.4) is 0 Å². The normalized spacial score (nSPS) is 12.1. The highest BCUT2D eigenvalue weighted by Gasteiger charge is 1.82. The minimum Gasteiger partial charge on any atom is -0.0853 e. The van der Waals surface area contributed by atoms with Crippen molar-refractivity contribution in [2.75, 3.05) is 0 Å². The van der Waals surface area contributed by atoms with Crippen molar-refractivity contribution < 1.29 is 0 Å². The molecule has 0 atom stereocenters. The maximum absolute atomic E-state index is 3.89. The molecule has 0 spiro atoms. The second-order valence-electron chi connectivity index (χ2n) is 2.36. The van der Waals surface area contributed by atoms with Gasteiger partial charge in [0.05, 0.1) is 0 Å². The molecule has 0 aromatic heterocycles. The Balaban J connectivity index is 3.21. The summed E-state index contributed by atoms with van der Waals surface area (Å²) in [5.41, 5.74) is 1.28. The third-order valence-corrected chi connectivity index (χ3v) is 1.44. The van der Waals surface area contributed by atoms with Crippen LogP contribution in [-0.4, -0.2) is 0 Å². The number of unbranched alkanes of at least 4 members (excludes halogenated alkanes) is 2. The predicted octanol–water partition coefficient (Wildman–Crippen LogP) is 3.35. The minimum atomic E-state index is 1.10. The van der Waals surface area contributed by atoms with E-state index in [-0.39, 0.29) is 0 Å². The lowest BCUT2D eigenvalue weighted by molar-refractivity contribution is 0.809. The van der Waals surface area contributed by atoms with Crippen LogP contribution < -0.4 is 0 Å². The molecule has 0 heteroatoms. The van der Waals surface area contributed by atoms with E-state index in [9.17, 15) is 0 Å². The van der Waals surface area contributed by atoms with E-state index in [1.54, 1.807) is 0 Å². The molecule has 0 amide bonds. The Morgan fingerprint density at radius 2 is 2.11 bits per heavy atom. The summed E-state index contributed by atoms with van der Waals surface area (Å²) in [6.07, 6.45) is 7.14. The lowest BCUT2D eigenvalue weighted by Crippen LogP contribution is -1.73. The fourth-order valence-electron chi connectivity index (χ4n) is 0.655. The molecule has 0 aromatic rings. The zero-order chi connectivity index (χ0) is 7.11. The van der Waals surface area contributed by atoms with Crippen molar-refractivity contribution in [1.82, 2.24) is 0 Å². The molecule has 0 bridgehead atoms. The van der Waals surface area contributed by atoms with Gasteiger partial charge in [-0.1, -0.05) is 38.3 Å². The Bertz CT molecular complexity index is 80.0. The van der Waals surface area contributed by atoms with E-state index in [4.69, 9.17) is 0 Å². The first kappa shape index (κ1) is 8.74. The van der Waals surface area contributed by atoms with Crippen LogP contribution in [0, 0.1) is 6.92 Å². The fraction of sp³-hybridized carbons (Fsp3) is 0.667. The van der Waals surface area contributed by atoms with E-state index in [0.29, 0.717) is 0 Å². The fourth-order valence-corrected chi connectivity index (χ4v) is 0.655. The van der Waals surface area contributed by atoms with Crippen LogP contribution in [0.5, 0.6) is 0 Å². The van der Waals surface area contributed by atoms with E-state index in [0.717, 1.165) is 6.42 Å². The van der Waals surface area contributed by atoms with Crippen LogP contribution in [0.2, 0.25) is 0 Å². The van der Waals surface area contributed by atoms with Gasteiger partial charge in [0.1, 0.15) is 0 Å². The topological polar surface area (TPSA) is 0 Å². The molecular weight excluding hydrogens is 108 g/mol.